The highest BCUT2D eigenvalue weighted by molar-refractivity contribution is 6.11. The first-order valence-corrected chi connectivity index (χ1v) is 14.1. The molecule has 3 aliphatic carbocycles. The Balaban J connectivity index is 2.04. The van der Waals surface area contributed by atoms with Crippen LogP contribution in [0.25, 0.3) is 0 Å². The number of nitrogens with zero attached hydrogens (tertiary/aromatic N) is 1. The molecule has 4 rings (SSSR count). The Bertz CT molecular complexity index is 1350. The van der Waals surface area contributed by atoms with Crippen molar-refractivity contribution in [3.8, 4) is 5.75 Å². The Morgan fingerprint density at radius 3 is 2.27 bits per heavy atom. The Hall–Kier alpha value is -2.82. The van der Waals surface area contributed by atoms with E-state index in [0.29, 0.717) is 22.4 Å². The van der Waals surface area contributed by atoms with Crippen LogP contribution in [-0.2, 0) is 26.3 Å². The summed E-state index contributed by atoms with van der Waals surface area (Å²) in [5, 5.41) is 51.2. The summed E-state index contributed by atoms with van der Waals surface area (Å²) in [6, 6.07) is 1.81. The summed E-state index contributed by atoms with van der Waals surface area (Å²) in [7, 11) is 1.42. The summed E-state index contributed by atoms with van der Waals surface area (Å²) >= 11 is 0. The molecular formula is C31H44N2O8. The summed E-state index contributed by atoms with van der Waals surface area (Å²) in [6.45, 7) is 14.5. The minimum Gasteiger partial charge on any atom is -0.507 e. The van der Waals surface area contributed by atoms with Crippen LogP contribution < -0.4 is 5.73 Å². The molecule has 0 aliphatic heterocycles. The maximum atomic E-state index is 14.5. The van der Waals surface area contributed by atoms with Gasteiger partial charge in [-0.05, 0) is 54.1 Å². The first-order chi connectivity index (χ1) is 18.7. The van der Waals surface area contributed by atoms with Crippen molar-refractivity contribution in [2.45, 2.75) is 91.5 Å². The molecule has 1 aromatic carbocycles. The number of fused-ring (bicyclic) bond motifs is 3. The molecule has 0 radical (unpaired) electrons. The number of oxime groups is 1. The number of Topliss-reactive ketones (excluding diaryl/α,β-unsaturated/α-hetero) is 2. The molecule has 2 fully saturated rings. The summed E-state index contributed by atoms with van der Waals surface area (Å²) in [5.41, 5.74) is 2.16. The maximum Gasteiger partial charge on any atom is 0.230 e. The van der Waals surface area contributed by atoms with E-state index in [1.165, 1.54) is 7.11 Å². The van der Waals surface area contributed by atoms with Crippen LogP contribution in [0.4, 0.5) is 0 Å². The number of carbonyl (C=O) groups is 3. The Labute approximate surface area is 241 Å². The van der Waals surface area contributed by atoms with Crippen LogP contribution in [-0.4, -0.2) is 68.5 Å². The van der Waals surface area contributed by atoms with Gasteiger partial charge in [0.1, 0.15) is 24.9 Å². The number of phenols is 1. The number of rotatable bonds is 4. The van der Waals surface area contributed by atoms with Gasteiger partial charge in [-0.15, -0.1) is 0 Å². The second-order valence-electron chi connectivity index (χ2n) is 14.3. The highest BCUT2D eigenvalue weighted by Gasteiger charge is 2.76. The SMILES string of the molecule is CON=C(C)c1cc(C(C)(C)C)c(O)c2c1C[C@]1(C)C[C@]3(C)[C@@H](C(C)C)C(O)[C@@H](C(N)=O)C(=O)[C@]3(O)C(O)[C@H]1C2=O. The highest BCUT2D eigenvalue weighted by Crippen LogP contribution is 2.66. The highest BCUT2D eigenvalue weighted by atomic mass is 16.6. The lowest BCUT2D eigenvalue weighted by Crippen LogP contribution is -2.79. The molecule has 2 unspecified atom stereocenters. The largest absolute Gasteiger partial charge is 0.507 e. The lowest BCUT2D eigenvalue weighted by Gasteiger charge is -2.66. The second kappa shape index (κ2) is 9.61. The molecule has 10 nitrogen and oxygen atoms in total. The van der Waals surface area contributed by atoms with E-state index in [1.807, 2.05) is 47.6 Å². The van der Waals surface area contributed by atoms with Crippen LogP contribution in [0.2, 0.25) is 0 Å². The third-order valence-electron chi connectivity index (χ3n) is 10.2. The molecule has 1 aromatic rings. The number of nitrogens with two attached hydrogens (primary N) is 1. The topological polar surface area (TPSA) is 180 Å². The molecule has 8 atom stereocenters. The van der Waals surface area contributed by atoms with Crippen molar-refractivity contribution in [2.24, 2.45) is 45.4 Å². The number of benzene rings is 1. The number of carbonyl (C=O) groups excluding carboxylic acids is 3. The molecule has 0 bridgehead atoms. The number of amides is 1. The number of primary amides is 1. The zero-order chi connectivity index (χ0) is 31.2. The van der Waals surface area contributed by atoms with E-state index in [-0.39, 0.29) is 30.1 Å². The fourth-order valence-corrected chi connectivity index (χ4v) is 8.68. The molecule has 0 spiro atoms. The summed E-state index contributed by atoms with van der Waals surface area (Å²) in [6.07, 6.45) is -3.12. The molecule has 0 heterocycles. The molecule has 0 aromatic heterocycles. The first-order valence-electron chi connectivity index (χ1n) is 14.1. The van der Waals surface area contributed by atoms with Crippen LogP contribution in [0, 0.1) is 34.5 Å². The van der Waals surface area contributed by atoms with Gasteiger partial charge in [0.05, 0.1) is 23.3 Å². The average Bonchev–Trinajstić information content (AvgIpc) is 2.80. The van der Waals surface area contributed by atoms with Gasteiger partial charge in [0.25, 0.3) is 0 Å². The van der Waals surface area contributed by atoms with E-state index in [2.05, 4.69) is 5.16 Å². The smallest absolute Gasteiger partial charge is 0.230 e. The third kappa shape index (κ3) is 4.08. The van der Waals surface area contributed by atoms with Crippen molar-refractivity contribution in [1.82, 2.24) is 0 Å². The standard InChI is InChI=1S/C31H44N2O8/c1-13(2)20-24(36)19(27(32)39)25(37)31(40)26(38)21-23(35)18-16(11-29(21,7)12-30(20,31)8)15(14(3)33-41-9)10-17(22(18)34)28(4,5)6/h10,13,19-21,24,26,34,36,38,40H,11-12H2,1-9H3,(H2,32,39)/t19-,20+,21-,24?,26?,29-,30-,31+/m1/s1. The van der Waals surface area contributed by atoms with Crippen LogP contribution in [0.3, 0.4) is 0 Å². The quantitative estimate of drug-likeness (QED) is 0.207. The molecule has 2 saturated carbocycles. The second-order valence-corrected chi connectivity index (χ2v) is 14.3. The molecule has 10 heteroatoms. The van der Waals surface area contributed by atoms with E-state index in [9.17, 15) is 34.8 Å². The van der Waals surface area contributed by atoms with E-state index in [1.54, 1.807) is 13.8 Å². The predicted molar refractivity (Wildman–Crippen MR) is 151 cm³/mol. The van der Waals surface area contributed by atoms with E-state index < -0.39 is 69.3 Å². The van der Waals surface area contributed by atoms with Crippen LogP contribution in [0.15, 0.2) is 11.2 Å². The zero-order valence-electron chi connectivity index (χ0n) is 25.4. The van der Waals surface area contributed by atoms with Crippen molar-refractivity contribution in [3.05, 3.63) is 28.3 Å². The van der Waals surface area contributed by atoms with E-state index >= 15 is 0 Å². The van der Waals surface area contributed by atoms with Gasteiger partial charge in [-0.25, -0.2) is 0 Å². The van der Waals surface area contributed by atoms with Crippen molar-refractivity contribution in [2.75, 3.05) is 7.11 Å². The lowest BCUT2D eigenvalue weighted by atomic mass is 9.39. The van der Waals surface area contributed by atoms with Crippen LogP contribution in [0.1, 0.15) is 88.9 Å². The molecular weight excluding hydrogens is 528 g/mol. The minimum absolute atomic E-state index is 0.0157. The molecule has 6 N–H and O–H groups in total. The van der Waals surface area contributed by atoms with Gasteiger partial charge in [0.2, 0.25) is 5.91 Å². The lowest BCUT2D eigenvalue weighted by molar-refractivity contribution is -0.265. The third-order valence-corrected chi connectivity index (χ3v) is 10.2. The van der Waals surface area contributed by atoms with Crippen molar-refractivity contribution in [3.63, 3.8) is 0 Å². The predicted octanol–water partition coefficient (Wildman–Crippen LogP) is 2.24. The maximum absolute atomic E-state index is 14.5. The number of hydrogen-bond donors (Lipinski definition) is 5. The van der Waals surface area contributed by atoms with E-state index in [4.69, 9.17) is 10.6 Å². The Kier molecular flexibility index (Phi) is 7.29. The summed E-state index contributed by atoms with van der Waals surface area (Å²) in [5.74, 6) is -7.17. The minimum atomic E-state index is -2.55. The van der Waals surface area contributed by atoms with Gasteiger partial charge in [-0.1, -0.05) is 53.6 Å². The van der Waals surface area contributed by atoms with E-state index in [0.717, 1.165) is 0 Å². The summed E-state index contributed by atoms with van der Waals surface area (Å²) in [4.78, 5) is 45.8. The number of aliphatic hydroxyl groups excluding tert-OH is 2. The van der Waals surface area contributed by atoms with Gasteiger partial charge in [-0.2, -0.15) is 0 Å². The Morgan fingerprint density at radius 2 is 1.78 bits per heavy atom. The van der Waals surface area contributed by atoms with Crippen molar-refractivity contribution >= 4 is 23.2 Å². The number of hydrogen-bond acceptors (Lipinski definition) is 9. The fraction of sp³-hybridized carbons (Fsp3) is 0.677. The van der Waals surface area contributed by atoms with Gasteiger partial charge in [0, 0.05) is 16.5 Å². The van der Waals surface area contributed by atoms with Gasteiger partial charge < -0.3 is 31.0 Å². The van der Waals surface area contributed by atoms with Gasteiger partial charge in [0.15, 0.2) is 17.2 Å². The van der Waals surface area contributed by atoms with Crippen LogP contribution in [0.5, 0.6) is 5.75 Å². The number of aromatic hydroxyl groups is 1. The van der Waals surface area contributed by atoms with Gasteiger partial charge in [-0.3, -0.25) is 14.4 Å². The fourth-order valence-electron chi connectivity index (χ4n) is 8.68. The molecule has 41 heavy (non-hydrogen) atoms. The monoisotopic (exact) mass is 572 g/mol. The number of ketones is 2. The normalized spacial score (nSPS) is 37.4. The molecule has 0 saturated heterocycles. The van der Waals surface area contributed by atoms with Crippen molar-refractivity contribution < 1.29 is 39.6 Å². The average molecular weight is 573 g/mol. The molecule has 1 amide bonds. The van der Waals surface area contributed by atoms with Gasteiger partial charge >= 0.3 is 0 Å². The zero-order valence-corrected chi connectivity index (χ0v) is 25.4. The molecule has 226 valence electrons. The number of aliphatic hydroxyl groups is 3. The summed E-state index contributed by atoms with van der Waals surface area (Å²) < 4.78 is 0. The Morgan fingerprint density at radius 1 is 1.20 bits per heavy atom. The number of phenolic OH excluding ortho intramolecular Hbond substituents is 1. The molecule has 3 aliphatic rings. The van der Waals surface area contributed by atoms with Crippen molar-refractivity contribution in [1.29, 1.82) is 0 Å². The van der Waals surface area contributed by atoms with Crippen LogP contribution >= 0.6 is 0 Å². The first kappa shape index (κ1) is 31.1.